The lowest BCUT2D eigenvalue weighted by Crippen LogP contribution is -2.16. The topological polar surface area (TPSA) is 59.3 Å². The van der Waals surface area contributed by atoms with Crippen molar-refractivity contribution in [2.45, 2.75) is 26.4 Å². The molecule has 0 fully saturated rings. The van der Waals surface area contributed by atoms with Gasteiger partial charge in [0.15, 0.2) is 17.0 Å². The molecule has 4 aromatic rings. The zero-order valence-electron chi connectivity index (χ0n) is 17.2. The van der Waals surface area contributed by atoms with Crippen LogP contribution in [-0.4, -0.2) is 20.5 Å². The highest BCUT2D eigenvalue weighted by Crippen LogP contribution is 2.34. The Labute approximate surface area is 186 Å². The number of rotatable bonds is 4. The maximum atomic E-state index is 13.8. The van der Waals surface area contributed by atoms with E-state index in [0.717, 1.165) is 17.2 Å². The molecule has 1 N–H and O–H groups in total. The molecule has 5 nitrogen and oxygen atoms in total. The summed E-state index contributed by atoms with van der Waals surface area (Å²) in [5.74, 6) is -0.716. The molecule has 9 heteroatoms. The Morgan fingerprint density at radius 3 is 2.47 bits per heavy atom. The predicted molar refractivity (Wildman–Crippen MR) is 117 cm³/mol. The number of nitrogens with zero attached hydrogens (tertiary/aromatic N) is 3. The van der Waals surface area contributed by atoms with Crippen LogP contribution in [0.5, 0.6) is 0 Å². The molecule has 2 aromatic heterocycles. The van der Waals surface area contributed by atoms with Gasteiger partial charge in [-0.05, 0) is 31.0 Å². The molecular weight excluding hydrogens is 441 g/mol. The fourth-order valence-electron chi connectivity index (χ4n) is 3.34. The van der Waals surface area contributed by atoms with Gasteiger partial charge in [0, 0.05) is 11.3 Å². The van der Waals surface area contributed by atoms with E-state index in [4.69, 9.17) is 11.6 Å². The van der Waals surface area contributed by atoms with Crippen LogP contribution in [0.15, 0.2) is 54.6 Å². The molecule has 0 spiro atoms. The van der Waals surface area contributed by atoms with E-state index < -0.39 is 17.8 Å². The molecule has 0 atom stereocenters. The van der Waals surface area contributed by atoms with Crippen molar-refractivity contribution in [1.82, 2.24) is 14.6 Å². The Bertz CT molecular complexity index is 1310. The number of alkyl halides is 3. The number of aromatic nitrogens is 3. The van der Waals surface area contributed by atoms with E-state index in [-0.39, 0.29) is 22.1 Å². The fourth-order valence-corrected chi connectivity index (χ4v) is 3.59. The van der Waals surface area contributed by atoms with Crippen molar-refractivity contribution in [3.8, 4) is 11.3 Å². The standard InChI is InChI=1S/C23H18ClF3N4O/c1-3-14-6-4-5-7-16(14)29-22(32)20-19(24)21-28-17(15-10-8-13(2)9-11-15)12-18(23(25,26)27)31(21)30-20/h4-12H,3H2,1-2H3,(H,29,32). The van der Waals surface area contributed by atoms with Gasteiger partial charge in [0.25, 0.3) is 5.91 Å². The summed E-state index contributed by atoms with van der Waals surface area (Å²) in [6, 6.07) is 14.9. The number of nitrogens with one attached hydrogen (secondary N) is 1. The molecule has 0 unspecified atom stereocenters. The van der Waals surface area contributed by atoms with Gasteiger partial charge >= 0.3 is 6.18 Å². The maximum absolute atomic E-state index is 13.8. The number of fused-ring (bicyclic) bond motifs is 1. The third-order valence-electron chi connectivity index (χ3n) is 5.03. The van der Waals surface area contributed by atoms with E-state index in [1.807, 2.05) is 26.0 Å². The van der Waals surface area contributed by atoms with Crippen LogP contribution in [0, 0.1) is 6.92 Å². The third-order valence-corrected chi connectivity index (χ3v) is 5.38. The molecule has 1 amide bonds. The number of aryl methyl sites for hydroxylation is 2. The van der Waals surface area contributed by atoms with Crippen LogP contribution in [0.4, 0.5) is 18.9 Å². The number of para-hydroxylation sites is 1. The highest BCUT2D eigenvalue weighted by molar-refractivity contribution is 6.37. The molecule has 2 heterocycles. The molecule has 0 aliphatic carbocycles. The molecule has 0 aliphatic rings. The minimum Gasteiger partial charge on any atom is -0.320 e. The van der Waals surface area contributed by atoms with Crippen LogP contribution in [0.25, 0.3) is 16.9 Å². The molecule has 0 radical (unpaired) electrons. The van der Waals surface area contributed by atoms with Crippen molar-refractivity contribution in [3.63, 3.8) is 0 Å². The zero-order valence-corrected chi connectivity index (χ0v) is 17.9. The van der Waals surface area contributed by atoms with E-state index in [2.05, 4.69) is 15.4 Å². The summed E-state index contributed by atoms with van der Waals surface area (Å²) < 4.78 is 42.1. The van der Waals surface area contributed by atoms with Gasteiger partial charge in [-0.3, -0.25) is 4.79 Å². The van der Waals surface area contributed by atoms with Crippen LogP contribution >= 0.6 is 11.6 Å². The molecule has 32 heavy (non-hydrogen) atoms. The summed E-state index contributed by atoms with van der Waals surface area (Å²) in [5.41, 5.74) is 1.28. The molecular formula is C23H18ClF3N4O. The summed E-state index contributed by atoms with van der Waals surface area (Å²) in [4.78, 5) is 17.1. The van der Waals surface area contributed by atoms with Gasteiger partial charge < -0.3 is 5.32 Å². The summed E-state index contributed by atoms with van der Waals surface area (Å²) in [5, 5.41) is 6.30. The van der Waals surface area contributed by atoms with Gasteiger partial charge in [-0.2, -0.15) is 18.3 Å². The molecule has 164 valence electrons. The van der Waals surface area contributed by atoms with Crippen molar-refractivity contribution >= 4 is 28.8 Å². The Morgan fingerprint density at radius 2 is 1.81 bits per heavy atom. The van der Waals surface area contributed by atoms with Crippen molar-refractivity contribution < 1.29 is 18.0 Å². The molecule has 4 rings (SSSR count). The molecule has 2 aromatic carbocycles. The first-order valence-corrected chi connectivity index (χ1v) is 10.2. The summed E-state index contributed by atoms with van der Waals surface area (Å²) in [6.07, 6.45) is -4.08. The minimum absolute atomic E-state index is 0.0786. The number of anilines is 1. The number of hydrogen-bond donors (Lipinski definition) is 1. The van der Waals surface area contributed by atoms with E-state index in [1.54, 1.807) is 36.4 Å². The summed E-state index contributed by atoms with van der Waals surface area (Å²) in [6.45, 7) is 3.80. The number of carbonyl (C=O) groups is 1. The van der Waals surface area contributed by atoms with Gasteiger partial charge in [0.2, 0.25) is 0 Å². The zero-order chi connectivity index (χ0) is 23.0. The van der Waals surface area contributed by atoms with Gasteiger partial charge in [-0.15, -0.1) is 0 Å². The summed E-state index contributed by atoms with van der Waals surface area (Å²) in [7, 11) is 0. The summed E-state index contributed by atoms with van der Waals surface area (Å²) >= 11 is 6.32. The van der Waals surface area contributed by atoms with Gasteiger partial charge in [0.1, 0.15) is 5.02 Å². The van der Waals surface area contributed by atoms with Crippen molar-refractivity contribution in [2.24, 2.45) is 0 Å². The number of benzene rings is 2. The SMILES string of the molecule is CCc1ccccc1NC(=O)c1nn2c(C(F)(F)F)cc(-c3ccc(C)cc3)nc2c1Cl. The molecule has 0 bridgehead atoms. The third kappa shape index (κ3) is 4.05. The van der Waals surface area contributed by atoms with Gasteiger partial charge in [-0.1, -0.05) is 66.6 Å². The second-order valence-electron chi connectivity index (χ2n) is 7.25. The lowest BCUT2D eigenvalue weighted by Gasteiger charge is -2.11. The average Bonchev–Trinajstić information content (AvgIpc) is 3.10. The van der Waals surface area contributed by atoms with Crippen LogP contribution in [0.2, 0.25) is 5.02 Å². The largest absolute Gasteiger partial charge is 0.433 e. The maximum Gasteiger partial charge on any atom is 0.433 e. The van der Waals surface area contributed by atoms with Crippen molar-refractivity contribution in [1.29, 1.82) is 0 Å². The van der Waals surface area contributed by atoms with Crippen LogP contribution < -0.4 is 5.32 Å². The van der Waals surface area contributed by atoms with E-state index in [9.17, 15) is 18.0 Å². The first-order valence-electron chi connectivity index (χ1n) is 9.81. The second-order valence-corrected chi connectivity index (χ2v) is 7.63. The van der Waals surface area contributed by atoms with Gasteiger partial charge in [0.05, 0.1) is 5.69 Å². The average molecular weight is 459 g/mol. The van der Waals surface area contributed by atoms with Crippen molar-refractivity contribution in [3.05, 3.63) is 82.1 Å². The number of amides is 1. The monoisotopic (exact) mass is 458 g/mol. The highest BCUT2D eigenvalue weighted by Gasteiger charge is 2.36. The molecule has 0 saturated carbocycles. The Hall–Kier alpha value is -3.39. The first kappa shape index (κ1) is 21.8. The number of carbonyl (C=O) groups excluding carboxylic acids is 1. The Kier molecular flexibility index (Phi) is 5.64. The quantitative estimate of drug-likeness (QED) is 0.396. The number of halogens is 4. The van der Waals surface area contributed by atoms with Crippen LogP contribution in [0.3, 0.4) is 0 Å². The highest BCUT2D eigenvalue weighted by atomic mass is 35.5. The fraction of sp³-hybridized carbons (Fsp3) is 0.174. The lowest BCUT2D eigenvalue weighted by molar-refractivity contribution is -0.142. The first-order chi connectivity index (χ1) is 15.2. The smallest absolute Gasteiger partial charge is 0.320 e. The van der Waals surface area contributed by atoms with E-state index in [1.165, 1.54) is 0 Å². The van der Waals surface area contributed by atoms with Crippen LogP contribution in [0.1, 0.15) is 34.2 Å². The second kappa shape index (κ2) is 8.27. The van der Waals surface area contributed by atoms with E-state index in [0.29, 0.717) is 22.2 Å². The molecule has 0 saturated heterocycles. The van der Waals surface area contributed by atoms with Crippen LogP contribution in [-0.2, 0) is 12.6 Å². The van der Waals surface area contributed by atoms with Gasteiger partial charge in [-0.25, -0.2) is 9.50 Å². The minimum atomic E-state index is -4.74. The predicted octanol–water partition coefficient (Wildman–Crippen LogP) is 6.19. The van der Waals surface area contributed by atoms with Crippen molar-refractivity contribution in [2.75, 3.05) is 5.32 Å². The Morgan fingerprint density at radius 1 is 1.12 bits per heavy atom. The molecule has 0 aliphatic heterocycles. The van der Waals surface area contributed by atoms with E-state index >= 15 is 0 Å². The Balaban J connectivity index is 1.84. The number of hydrogen-bond acceptors (Lipinski definition) is 3. The normalized spacial score (nSPS) is 11.7. The lowest BCUT2D eigenvalue weighted by atomic mass is 10.1.